The molecule has 0 N–H and O–H groups in total. The molecule has 0 atom stereocenters. The average Bonchev–Trinajstić information content (AvgIpc) is 2.97. The van der Waals surface area contributed by atoms with E-state index in [1.807, 2.05) is 30.3 Å². The van der Waals surface area contributed by atoms with Crippen molar-refractivity contribution in [3.05, 3.63) is 36.7 Å². The minimum absolute atomic E-state index is 0.0887. The third-order valence-electron chi connectivity index (χ3n) is 3.15. The summed E-state index contributed by atoms with van der Waals surface area (Å²) in [5.74, 6) is 0.534. The lowest BCUT2D eigenvalue weighted by Crippen LogP contribution is -2.37. The monoisotopic (exact) mass is 272 g/mol. The van der Waals surface area contributed by atoms with E-state index in [0.717, 1.165) is 18.4 Å². The van der Waals surface area contributed by atoms with Crippen molar-refractivity contribution in [2.45, 2.75) is 19.4 Å². The second-order valence-electron chi connectivity index (χ2n) is 4.67. The Morgan fingerprint density at radius 3 is 2.85 bits per heavy atom. The van der Waals surface area contributed by atoms with Crippen molar-refractivity contribution in [3.8, 4) is 11.4 Å². The topological polar surface area (TPSA) is 60.2 Å². The van der Waals surface area contributed by atoms with Crippen LogP contribution in [0.2, 0.25) is 0 Å². The van der Waals surface area contributed by atoms with E-state index < -0.39 is 0 Å². The van der Waals surface area contributed by atoms with E-state index in [0.29, 0.717) is 19.0 Å². The summed E-state index contributed by atoms with van der Waals surface area (Å²) in [6, 6.07) is 9.69. The standard InChI is InChI=1S/C14H16N4O2/c19-13(18-8-4-5-9-20-18)10-17-11-15-14(16-17)12-6-2-1-3-7-12/h1-3,6-7,11H,4-5,8-10H2. The van der Waals surface area contributed by atoms with Crippen LogP contribution in [-0.2, 0) is 16.2 Å². The number of benzene rings is 1. The number of amides is 1. The Balaban J connectivity index is 1.66. The average molecular weight is 272 g/mol. The third kappa shape index (κ3) is 2.85. The van der Waals surface area contributed by atoms with Crippen LogP contribution >= 0.6 is 0 Å². The maximum atomic E-state index is 12.0. The predicted molar refractivity (Wildman–Crippen MR) is 72.4 cm³/mol. The van der Waals surface area contributed by atoms with Gasteiger partial charge in [-0.15, -0.1) is 0 Å². The zero-order valence-corrected chi connectivity index (χ0v) is 11.1. The molecular weight excluding hydrogens is 256 g/mol. The van der Waals surface area contributed by atoms with E-state index in [-0.39, 0.29) is 12.5 Å². The second-order valence-corrected chi connectivity index (χ2v) is 4.67. The van der Waals surface area contributed by atoms with Crippen molar-refractivity contribution < 1.29 is 9.63 Å². The molecule has 1 amide bonds. The van der Waals surface area contributed by atoms with Crippen LogP contribution in [0, 0.1) is 0 Å². The first kappa shape index (κ1) is 12.8. The number of carbonyl (C=O) groups excluding carboxylic acids is 1. The van der Waals surface area contributed by atoms with Crippen LogP contribution < -0.4 is 0 Å². The molecule has 0 spiro atoms. The number of hydrogen-bond acceptors (Lipinski definition) is 4. The number of carbonyl (C=O) groups is 1. The Morgan fingerprint density at radius 1 is 1.25 bits per heavy atom. The van der Waals surface area contributed by atoms with Crippen LogP contribution in [0.5, 0.6) is 0 Å². The maximum absolute atomic E-state index is 12.0. The van der Waals surface area contributed by atoms with Crippen LogP contribution in [-0.4, -0.2) is 38.9 Å². The summed E-state index contributed by atoms with van der Waals surface area (Å²) in [7, 11) is 0. The summed E-state index contributed by atoms with van der Waals surface area (Å²) in [4.78, 5) is 21.6. The van der Waals surface area contributed by atoms with Crippen LogP contribution in [0.15, 0.2) is 36.7 Å². The van der Waals surface area contributed by atoms with Gasteiger partial charge in [-0.3, -0.25) is 9.63 Å². The highest BCUT2D eigenvalue weighted by Crippen LogP contribution is 2.13. The summed E-state index contributed by atoms with van der Waals surface area (Å²) in [6.45, 7) is 1.41. The quantitative estimate of drug-likeness (QED) is 0.849. The summed E-state index contributed by atoms with van der Waals surface area (Å²) in [6.07, 6.45) is 3.56. The van der Waals surface area contributed by atoms with Gasteiger partial charge >= 0.3 is 0 Å². The fourth-order valence-electron chi connectivity index (χ4n) is 2.10. The van der Waals surface area contributed by atoms with Crippen LogP contribution in [0.25, 0.3) is 11.4 Å². The first-order valence-electron chi connectivity index (χ1n) is 6.71. The lowest BCUT2D eigenvalue weighted by atomic mass is 10.2. The van der Waals surface area contributed by atoms with Gasteiger partial charge in [-0.05, 0) is 12.8 Å². The lowest BCUT2D eigenvalue weighted by Gasteiger charge is -2.25. The van der Waals surface area contributed by atoms with E-state index in [1.165, 1.54) is 5.06 Å². The highest BCUT2D eigenvalue weighted by atomic mass is 16.7. The van der Waals surface area contributed by atoms with Crippen LogP contribution in [0.1, 0.15) is 12.8 Å². The van der Waals surface area contributed by atoms with E-state index in [4.69, 9.17) is 4.84 Å². The van der Waals surface area contributed by atoms with E-state index in [2.05, 4.69) is 10.1 Å². The van der Waals surface area contributed by atoms with Gasteiger partial charge in [0.1, 0.15) is 12.9 Å². The molecule has 1 saturated heterocycles. The number of hydrogen-bond donors (Lipinski definition) is 0. The Kier molecular flexibility index (Phi) is 3.73. The first-order chi connectivity index (χ1) is 9.83. The Bertz CT molecular complexity index is 576. The number of hydroxylamine groups is 2. The molecule has 104 valence electrons. The highest BCUT2D eigenvalue weighted by Gasteiger charge is 2.18. The molecule has 0 bridgehead atoms. The van der Waals surface area contributed by atoms with Gasteiger partial charge in [0.2, 0.25) is 0 Å². The molecule has 6 heteroatoms. The second kappa shape index (κ2) is 5.83. The molecule has 1 aromatic heterocycles. The molecule has 1 aliphatic rings. The van der Waals surface area contributed by atoms with Gasteiger partial charge in [-0.1, -0.05) is 30.3 Å². The third-order valence-corrected chi connectivity index (χ3v) is 3.15. The van der Waals surface area contributed by atoms with Crippen molar-refractivity contribution >= 4 is 5.91 Å². The van der Waals surface area contributed by atoms with Crippen LogP contribution in [0.3, 0.4) is 0 Å². The Morgan fingerprint density at radius 2 is 2.10 bits per heavy atom. The van der Waals surface area contributed by atoms with E-state index in [1.54, 1.807) is 11.0 Å². The molecule has 2 aromatic rings. The Labute approximate surface area is 116 Å². The predicted octanol–water partition coefficient (Wildman–Crippen LogP) is 1.50. The molecule has 2 heterocycles. The minimum Gasteiger partial charge on any atom is -0.271 e. The number of rotatable bonds is 3. The largest absolute Gasteiger partial charge is 0.271 e. The van der Waals surface area contributed by atoms with Gasteiger partial charge in [-0.25, -0.2) is 14.7 Å². The van der Waals surface area contributed by atoms with Gasteiger partial charge in [-0.2, -0.15) is 5.10 Å². The van der Waals surface area contributed by atoms with Crippen molar-refractivity contribution in [2.24, 2.45) is 0 Å². The van der Waals surface area contributed by atoms with Gasteiger partial charge < -0.3 is 0 Å². The highest BCUT2D eigenvalue weighted by molar-refractivity contribution is 5.74. The summed E-state index contributed by atoms with van der Waals surface area (Å²) in [5.41, 5.74) is 0.938. The first-order valence-corrected chi connectivity index (χ1v) is 6.71. The Hall–Kier alpha value is -2.21. The summed E-state index contributed by atoms with van der Waals surface area (Å²) in [5, 5.41) is 5.74. The van der Waals surface area contributed by atoms with Crippen molar-refractivity contribution in [2.75, 3.05) is 13.2 Å². The van der Waals surface area contributed by atoms with Crippen LogP contribution in [0.4, 0.5) is 0 Å². The normalized spacial score (nSPS) is 15.3. The van der Waals surface area contributed by atoms with Gasteiger partial charge in [0.15, 0.2) is 5.82 Å². The summed E-state index contributed by atoms with van der Waals surface area (Å²) < 4.78 is 1.54. The van der Waals surface area contributed by atoms with E-state index >= 15 is 0 Å². The molecule has 0 aliphatic carbocycles. The molecule has 1 fully saturated rings. The van der Waals surface area contributed by atoms with E-state index in [9.17, 15) is 4.79 Å². The van der Waals surface area contributed by atoms with Crippen molar-refractivity contribution in [3.63, 3.8) is 0 Å². The summed E-state index contributed by atoms with van der Waals surface area (Å²) >= 11 is 0. The van der Waals surface area contributed by atoms with Gasteiger partial charge in [0.05, 0.1) is 6.61 Å². The number of aromatic nitrogens is 3. The zero-order chi connectivity index (χ0) is 13.8. The minimum atomic E-state index is -0.0887. The molecule has 3 rings (SSSR count). The zero-order valence-electron chi connectivity index (χ0n) is 11.1. The molecular formula is C14H16N4O2. The lowest BCUT2D eigenvalue weighted by molar-refractivity contribution is -0.197. The smallest absolute Gasteiger partial charge is 0.267 e. The molecule has 20 heavy (non-hydrogen) atoms. The molecule has 6 nitrogen and oxygen atoms in total. The molecule has 0 unspecified atom stereocenters. The molecule has 0 saturated carbocycles. The fourth-order valence-corrected chi connectivity index (χ4v) is 2.10. The van der Waals surface area contributed by atoms with Gasteiger partial charge in [0, 0.05) is 12.1 Å². The van der Waals surface area contributed by atoms with Gasteiger partial charge in [0.25, 0.3) is 5.91 Å². The van der Waals surface area contributed by atoms with Crippen molar-refractivity contribution in [1.82, 2.24) is 19.8 Å². The molecule has 0 radical (unpaired) electrons. The maximum Gasteiger partial charge on any atom is 0.267 e. The molecule has 1 aromatic carbocycles. The molecule has 1 aliphatic heterocycles. The van der Waals surface area contributed by atoms with Crippen molar-refractivity contribution in [1.29, 1.82) is 0 Å². The SMILES string of the molecule is O=C(Cn1cnc(-c2ccccc2)n1)N1CCCCO1. The fraction of sp³-hybridized carbons (Fsp3) is 0.357. The number of nitrogens with zero attached hydrogens (tertiary/aromatic N) is 4.